The number of benzene rings is 2. The van der Waals surface area contributed by atoms with E-state index in [0.717, 1.165) is 25.7 Å². The molecule has 2 N–H and O–H groups in total. The van der Waals surface area contributed by atoms with E-state index >= 15 is 0 Å². The number of ether oxygens (including phenoxy) is 2. The lowest BCUT2D eigenvalue weighted by Gasteiger charge is -2.15. The first kappa shape index (κ1) is 24.3. The number of amides is 1. The van der Waals surface area contributed by atoms with E-state index in [1.54, 1.807) is 30.3 Å². The summed E-state index contributed by atoms with van der Waals surface area (Å²) in [5.41, 5.74) is 1.52. The molecule has 8 heteroatoms. The van der Waals surface area contributed by atoms with E-state index in [2.05, 4.69) is 21.2 Å². The summed E-state index contributed by atoms with van der Waals surface area (Å²) in [6.07, 6.45) is 5.57. The summed E-state index contributed by atoms with van der Waals surface area (Å²) in [5, 5.41) is 21.6. The van der Waals surface area contributed by atoms with Crippen molar-refractivity contribution in [3.8, 4) is 17.6 Å². The monoisotopic (exact) mass is 512 g/mol. The average Bonchev–Trinajstić information content (AvgIpc) is 3.30. The molecule has 0 saturated heterocycles. The van der Waals surface area contributed by atoms with E-state index in [9.17, 15) is 14.9 Å². The van der Waals surface area contributed by atoms with Crippen molar-refractivity contribution in [2.75, 3.05) is 6.61 Å². The van der Waals surface area contributed by atoms with Gasteiger partial charge in [-0.05, 0) is 77.2 Å². The van der Waals surface area contributed by atoms with Gasteiger partial charge in [0.05, 0.1) is 16.6 Å². The van der Waals surface area contributed by atoms with Gasteiger partial charge in [0.1, 0.15) is 18.2 Å². The zero-order chi connectivity index (χ0) is 23.8. The number of rotatable bonds is 9. The van der Waals surface area contributed by atoms with Crippen molar-refractivity contribution in [3.05, 3.63) is 63.1 Å². The summed E-state index contributed by atoms with van der Waals surface area (Å²) in [6, 6.07) is 12.1. The van der Waals surface area contributed by atoms with Crippen LogP contribution >= 0.6 is 15.9 Å². The molecule has 172 valence electrons. The molecule has 0 spiro atoms. The molecule has 1 aliphatic rings. The van der Waals surface area contributed by atoms with E-state index in [4.69, 9.17) is 14.6 Å². The van der Waals surface area contributed by atoms with Gasteiger partial charge in [0.15, 0.2) is 11.5 Å². The summed E-state index contributed by atoms with van der Waals surface area (Å²) >= 11 is 3.49. The fourth-order valence-corrected chi connectivity index (χ4v) is 4.25. The number of hydrogen-bond acceptors (Lipinski definition) is 5. The fourth-order valence-electron chi connectivity index (χ4n) is 3.67. The van der Waals surface area contributed by atoms with Gasteiger partial charge in [-0.2, -0.15) is 5.26 Å². The van der Waals surface area contributed by atoms with Crippen LogP contribution in [0.1, 0.15) is 54.1 Å². The number of nitrogens with zero attached hydrogens (tertiary/aromatic N) is 1. The lowest BCUT2D eigenvalue weighted by molar-refractivity contribution is -0.117. The van der Waals surface area contributed by atoms with Crippen LogP contribution in [-0.4, -0.2) is 29.6 Å². The predicted molar refractivity (Wildman–Crippen MR) is 127 cm³/mol. The minimum atomic E-state index is -1.01. The van der Waals surface area contributed by atoms with Crippen molar-refractivity contribution < 1.29 is 24.2 Å². The number of carboxylic acid groups (broad SMARTS) is 1. The molecule has 33 heavy (non-hydrogen) atoms. The van der Waals surface area contributed by atoms with E-state index in [1.807, 2.05) is 13.0 Å². The highest BCUT2D eigenvalue weighted by atomic mass is 79.9. The molecule has 1 fully saturated rings. The number of nitriles is 1. The van der Waals surface area contributed by atoms with Gasteiger partial charge in [0.2, 0.25) is 0 Å². The minimum absolute atomic E-state index is 0.0235. The Balaban J connectivity index is 1.81. The van der Waals surface area contributed by atoms with Crippen molar-refractivity contribution in [2.24, 2.45) is 0 Å². The topological polar surface area (TPSA) is 109 Å². The Morgan fingerprint density at radius 1 is 1.24 bits per heavy atom. The van der Waals surface area contributed by atoms with Gasteiger partial charge in [-0.3, -0.25) is 4.79 Å². The molecule has 7 nitrogen and oxygen atoms in total. The lowest BCUT2D eigenvalue weighted by Crippen LogP contribution is -2.33. The van der Waals surface area contributed by atoms with Crippen molar-refractivity contribution >= 4 is 33.9 Å². The zero-order valence-electron chi connectivity index (χ0n) is 18.3. The normalized spacial score (nSPS) is 13.9. The number of carbonyl (C=O) groups excluding carboxylic acids is 1. The summed E-state index contributed by atoms with van der Waals surface area (Å²) in [6.45, 7) is 2.37. The van der Waals surface area contributed by atoms with E-state index in [0.29, 0.717) is 33.7 Å². The van der Waals surface area contributed by atoms with Gasteiger partial charge in [-0.25, -0.2) is 4.79 Å². The fraction of sp³-hybridized carbons (Fsp3) is 0.320. The van der Waals surface area contributed by atoms with E-state index in [1.165, 1.54) is 12.1 Å². The van der Waals surface area contributed by atoms with Gasteiger partial charge >= 0.3 is 5.97 Å². The lowest BCUT2D eigenvalue weighted by atomic mass is 10.1. The highest BCUT2D eigenvalue weighted by molar-refractivity contribution is 9.10. The molecule has 1 saturated carbocycles. The summed E-state index contributed by atoms with van der Waals surface area (Å²) in [5.74, 6) is -0.490. The van der Waals surface area contributed by atoms with Crippen LogP contribution in [0.5, 0.6) is 11.5 Å². The third kappa shape index (κ3) is 6.59. The summed E-state index contributed by atoms with van der Waals surface area (Å²) in [7, 11) is 0. The van der Waals surface area contributed by atoms with Crippen molar-refractivity contribution in [1.82, 2.24) is 5.32 Å². The Kier molecular flexibility index (Phi) is 8.50. The molecule has 0 atom stereocenters. The Bertz CT molecular complexity index is 1100. The number of nitrogens with one attached hydrogen (secondary N) is 1. The molecule has 3 rings (SSSR count). The molecular weight excluding hydrogens is 488 g/mol. The average molecular weight is 513 g/mol. The first-order valence-corrected chi connectivity index (χ1v) is 11.5. The molecule has 0 heterocycles. The first-order valence-electron chi connectivity index (χ1n) is 10.7. The van der Waals surface area contributed by atoms with Crippen molar-refractivity contribution in [3.63, 3.8) is 0 Å². The predicted octanol–water partition coefficient (Wildman–Crippen LogP) is 5.09. The van der Waals surface area contributed by atoms with Crippen LogP contribution < -0.4 is 14.8 Å². The molecule has 1 amide bonds. The number of hydrogen-bond donors (Lipinski definition) is 2. The first-order chi connectivity index (χ1) is 15.9. The Morgan fingerprint density at radius 3 is 2.67 bits per heavy atom. The minimum Gasteiger partial charge on any atom is -0.490 e. The smallest absolute Gasteiger partial charge is 0.335 e. The van der Waals surface area contributed by atoms with Gasteiger partial charge in [-0.15, -0.1) is 0 Å². The maximum atomic E-state index is 12.5. The van der Waals surface area contributed by atoms with Crippen LogP contribution in [0.4, 0.5) is 0 Å². The van der Waals surface area contributed by atoms with Crippen molar-refractivity contribution in [1.29, 1.82) is 5.26 Å². The number of halogens is 1. The van der Waals surface area contributed by atoms with Gasteiger partial charge in [0.25, 0.3) is 5.91 Å². The molecule has 0 radical (unpaired) electrons. The zero-order valence-corrected chi connectivity index (χ0v) is 19.9. The largest absolute Gasteiger partial charge is 0.490 e. The molecule has 2 aromatic rings. The molecule has 1 aliphatic carbocycles. The van der Waals surface area contributed by atoms with Crippen molar-refractivity contribution in [2.45, 2.75) is 45.3 Å². The SMILES string of the molecule is CCOc1cc(/C=C(/C#N)C(=O)NC2CCCC2)cc(Br)c1OCc1cccc(C(=O)O)c1. The molecule has 0 aromatic heterocycles. The second-order valence-electron chi connectivity index (χ2n) is 7.68. The standard InChI is InChI=1S/C25H25BrN2O5/c1-2-32-22-13-17(11-19(14-27)24(29)28-20-8-3-4-9-20)12-21(26)23(22)33-15-16-6-5-7-18(10-16)25(30)31/h5-7,10-13,20H,2-4,8-9,15H2,1H3,(H,28,29)(H,30,31)/b19-11-. The van der Waals surface area contributed by atoms with E-state index in [-0.39, 0.29) is 29.7 Å². The van der Waals surface area contributed by atoms with Gasteiger partial charge in [-0.1, -0.05) is 25.0 Å². The van der Waals surface area contributed by atoms with Crippen LogP contribution in [-0.2, 0) is 11.4 Å². The number of aromatic carboxylic acids is 1. The van der Waals surface area contributed by atoms with Crippen LogP contribution in [0, 0.1) is 11.3 Å². The highest BCUT2D eigenvalue weighted by Gasteiger charge is 2.20. The number of carbonyl (C=O) groups is 2. The Labute approximate surface area is 201 Å². The summed E-state index contributed by atoms with van der Waals surface area (Å²) in [4.78, 5) is 23.7. The Morgan fingerprint density at radius 2 is 2.00 bits per heavy atom. The van der Waals surface area contributed by atoms with Crippen LogP contribution in [0.15, 0.2) is 46.4 Å². The molecular formula is C25H25BrN2O5. The third-order valence-corrected chi connectivity index (χ3v) is 5.84. The Hall–Kier alpha value is -3.31. The maximum absolute atomic E-state index is 12.5. The third-order valence-electron chi connectivity index (χ3n) is 5.26. The van der Waals surface area contributed by atoms with Crippen LogP contribution in [0.25, 0.3) is 6.08 Å². The maximum Gasteiger partial charge on any atom is 0.335 e. The molecule has 2 aromatic carbocycles. The highest BCUT2D eigenvalue weighted by Crippen LogP contribution is 2.38. The number of carboxylic acids is 1. The van der Waals surface area contributed by atoms with Crippen LogP contribution in [0.2, 0.25) is 0 Å². The van der Waals surface area contributed by atoms with E-state index < -0.39 is 5.97 Å². The quantitative estimate of drug-likeness (QED) is 0.357. The molecule has 0 aliphatic heterocycles. The van der Waals surface area contributed by atoms with Crippen LogP contribution in [0.3, 0.4) is 0 Å². The van der Waals surface area contributed by atoms with Gasteiger partial charge in [0, 0.05) is 6.04 Å². The van der Waals surface area contributed by atoms with Gasteiger partial charge < -0.3 is 19.9 Å². The summed E-state index contributed by atoms with van der Waals surface area (Å²) < 4.78 is 12.2. The molecule has 0 unspecified atom stereocenters. The molecule has 0 bridgehead atoms. The second-order valence-corrected chi connectivity index (χ2v) is 8.54. The second kappa shape index (κ2) is 11.5.